The Morgan fingerprint density at radius 3 is 2.64 bits per heavy atom. The predicted octanol–water partition coefficient (Wildman–Crippen LogP) is 1.97. The van der Waals surface area contributed by atoms with Gasteiger partial charge in [-0.2, -0.15) is 0 Å². The summed E-state index contributed by atoms with van der Waals surface area (Å²) in [6, 6.07) is 1.77. The van der Waals surface area contributed by atoms with Crippen molar-refractivity contribution in [2.75, 3.05) is 12.0 Å². The Hall–Kier alpha value is 0.0500. The van der Waals surface area contributed by atoms with Crippen LogP contribution in [0.1, 0.15) is 16.8 Å². The molecule has 0 fully saturated rings. The fourth-order valence-corrected chi connectivity index (χ4v) is 2.79. The number of carbonyl (C=O) groups is 1. The number of Topliss-reactive ketones (excluding diaryl/α,β-unsaturated/α-hetero) is 1. The van der Waals surface area contributed by atoms with E-state index in [0.717, 1.165) is 9.14 Å². The maximum atomic E-state index is 11.4. The Morgan fingerprint density at radius 1 is 1.57 bits per heavy atom. The highest BCUT2D eigenvalue weighted by Crippen LogP contribution is 2.17. The fourth-order valence-electron chi connectivity index (χ4n) is 0.879. The molecule has 0 radical (unpaired) electrons. The van der Waals surface area contributed by atoms with Crippen molar-refractivity contribution < 1.29 is 13.2 Å². The van der Waals surface area contributed by atoms with Crippen molar-refractivity contribution in [2.45, 2.75) is 6.42 Å². The summed E-state index contributed by atoms with van der Waals surface area (Å²) in [6.07, 6.45) is 1.21. The van der Waals surface area contributed by atoms with Crippen LogP contribution in [-0.2, 0) is 9.84 Å². The number of thiophene rings is 1. The predicted molar refractivity (Wildman–Crippen MR) is 65.7 cm³/mol. The Morgan fingerprint density at radius 2 is 2.21 bits per heavy atom. The number of halogens is 1. The van der Waals surface area contributed by atoms with Gasteiger partial charge in [0.1, 0.15) is 9.84 Å². The van der Waals surface area contributed by atoms with Crippen LogP contribution in [0.5, 0.6) is 0 Å². The highest BCUT2D eigenvalue weighted by atomic mass is 127. The van der Waals surface area contributed by atoms with E-state index in [-0.39, 0.29) is 18.0 Å². The third-order valence-electron chi connectivity index (χ3n) is 1.59. The molecule has 0 atom stereocenters. The van der Waals surface area contributed by atoms with Crippen LogP contribution >= 0.6 is 33.9 Å². The number of rotatable bonds is 4. The molecule has 0 amide bonds. The normalized spacial score (nSPS) is 11.6. The van der Waals surface area contributed by atoms with E-state index >= 15 is 0 Å². The molecule has 3 nitrogen and oxygen atoms in total. The van der Waals surface area contributed by atoms with Gasteiger partial charge in [0.15, 0.2) is 5.78 Å². The minimum Gasteiger partial charge on any atom is -0.294 e. The summed E-state index contributed by atoms with van der Waals surface area (Å²) in [5.41, 5.74) is 0.614. The van der Waals surface area contributed by atoms with Crippen molar-refractivity contribution in [3.05, 3.63) is 19.9 Å². The van der Waals surface area contributed by atoms with E-state index in [1.807, 2.05) is 0 Å². The van der Waals surface area contributed by atoms with E-state index in [2.05, 4.69) is 22.6 Å². The first kappa shape index (κ1) is 12.1. The van der Waals surface area contributed by atoms with E-state index in [1.54, 1.807) is 11.4 Å². The molecule has 0 bridgehead atoms. The molecule has 0 saturated heterocycles. The van der Waals surface area contributed by atoms with Gasteiger partial charge in [0, 0.05) is 23.6 Å². The van der Waals surface area contributed by atoms with Gasteiger partial charge >= 0.3 is 0 Å². The molecule has 1 aromatic rings. The average molecular weight is 344 g/mol. The molecule has 0 saturated carbocycles. The topological polar surface area (TPSA) is 51.2 Å². The molecule has 0 unspecified atom stereocenters. The molecular formula is C8H9IO3S2. The number of sulfone groups is 1. The van der Waals surface area contributed by atoms with Gasteiger partial charge in [-0.25, -0.2) is 8.42 Å². The number of carbonyl (C=O) groups excluding carboxylic acids is 1. The highest BCUT2D eigenvalue weighted by molar-refractivity contribution is 14.1. The molecule has 0 aliphatic rings. The fraction of sp³-hybridized carbons (Fsp3) is 0.375. The van der Waals surface area contributed by atoms with Crippen LogP contribution in [-0.4, -0.2) is 26.2 Å². The van der Waals surface area contributed by atoms with Crippen LogP contribution in [0.3, 0.4) is 0 Å². The van der Waals surface area contributed by atoms with Gasteiger partial charge in [-0.15, -0.1) is 11.3 Å². The Kier molecular flexibility index (Phi) is 4.08. The van der Waals surface area contributed by atoms with Crippen molar-refractivity contribution in [1.29, 1.82) is 0 Å². The summed E-state index contributed by atoms with van der Waals surface area (Å²) in [4.78, 5) is 11.4. The Balaban J connectivity index is 2.60. The lowest BCUT2D eigenvalue weighted by molar-refractivity contribution is 0.0989. The van der Waals surface area contributed by atoms with Gasteiger partial charge in [0.25, 0.3) is 0 Å². The lowest BCUT2D eigenvalue weighted by Crippen LogP contribution is -2.08. The average Bonchev–Trinajstić information content (AvgIpc) is 2.46. The Bertz CT molecular complexity index is 433. The molecule has 1 heterocycles. The second-order valence-corrected chi connectivity index (χ2v) is 8.01. The van der Waals surface area contributed by atoms with Gasteiger partial charge in [0.05, 0.1) is 8.64 Å². The molecule has 78 valence electrons. The summed E-state index contributed by atoms with van der Waals surface area (Å²) in [5, 5.41) is 1.76. The molecule has 6 heteroatoms. The van der Waals surface area contributed by atoms with E-state index in [9.17, 15) is 13.2 Å². The van der Waals surface area contributed by atoms with E-state index in [1.165, 1.54) is 11.3 Å². The lowest BCUT2D eigenvalue weighted by Gasteiger charge is -1.96. The first-order valence-corrected chi connectivity index (χ1v) is 7.85. The smallest absolute Gasteiger partial charge is 0.164 e. The van der Waals surface area contributed by atoms with E-state index < -0.39 is 9.84 Å². The van der Waals surface area contributed by atoms with Crippen LogP contribution in [0.2, 0.25) is 0 Å². The van der Waals surface area contributed by atoms with Crippen LogP contribution in [0.15, 0.2) is 11.4 Å². The molecule has 0 aliphatic carbocycles. The summed E-state index contributed by atoms with van der Waals surface area (Å²) >= 11 is 3.61. The summed E-state index contributed by atoms with van der Waals surface area (Å²) in [6.45, 7) is 0. The molecule has 0 aliphatic heterocycles. The minimum absolute atomic E-state index is 0.0712. The Labute approximate surface area is 101 Å². The molecule has 0 aromatic carbocycles. The minimum atomic E-state index is -3.04. The quantitative estimate of drug-likeness (QED) is 0.620. The van der Waals surface area contributed by atoms with Crippen LogP contribution in [0, 0.1) is 2.88 Å². The molecular weight excluding hydrogens is 335 g/mol. The van der Waals surface area contributed by atoms with Gasteiger partial charge in [-0.05, 0) is 28.7 Å². The van der Waals surface area contributed by atoms with Crippen LogP contribution < -0.4 is 0 Å². The second kappa shape index (κ2) is 4.71. The number of ketones is 1. The van der Waals surface area contributed by atoms with Gasteiger partial charge < -0.3 is 0 Å². The van der Waals surface area contributed by atoms with Crippen molar-refractivity contribution in [3.8, 4) is 0 Å². The van der Waals surface area contributed by atoms with Gasteiger partial charge in [-0.1, -0.05) is 0 Å². The van der Waals surface area contributed by atoms with E-state index in [4.69, 9.17) is 0 Å². The highest BCUT2D eigenvalue weighted by Gasteiger charge is 2.11. The van der Waals surface area contributed by atoms with Gasteiger partial charge in [0.2, 0.25) is 0 Å². The molecule has 14 heavy (non-hydrogen) atoms. The lowest BCUT2D eigenvalue weighted by atomic mass is 10.2. The van der Waals surface area contributed by atoms with Crippen molar-refractivity contribution >= 4 is 49.5 Å². The molecule has 0 N–H and O–H groups in total. The van der Waals surface area contributed by atoms with Crippen molar-refractivity contribution in [2.24, 2.45) is 0 Å². The summed E-state index contributed by atoms with van der Waals surface area (Å²) < 4.78 is 22.7. The largest absolute Gasteiger partial charge is 0.294 e. The maximum absolute atomic E-state index is 11.4. The summed E-state index contributed by atoms with van der Waals surface area (Å²) in [5.74, 6) is -0.173. The van der Waals surface area contributed by atoms with Crippen LogP contribution in [0.25, 0.3) is 0 Å². The zero-order valence-corrected chi connectivity index (χ0v) is 11.3. The monoisotopic (exact) mass is 344 g/mol. The molecule has 0 spiro atoms. The zero-order chi connectivity index (χ0) is 10.8. The van der Waals surface area contributed by atoms with E-state index in [0.29, 0.717) is 5.56 Å². The molecule has 1 rings (SSSR count). The SMILES string of the molecule is CS(=O)(=O)CCC(=O)c1csc(I)c1. The molecule has 1 aromatic heterocycles. The second-order valence-electron chi connectivity index (χ2n) is 2.94. The van der Waals surface area contributed by atoms with Crippen molar-refractivity contribution in [1.82, 2.24) is 0 Å². The first-order valence-electron chi connectivity index (χ1n) is 3.83. The third-order valence-corrected chi connectivity index (χ3v) is 4.32. The number of hydrogen-bond acceptors (Lipinski definition) is 4. The maximum Gasteiger partial charge on any atom is 0.164 e. The van der Waals surface area contributed by atoms with Crippen LogP contribution in [0.4, 0.5) is 0 Å². The first-order chi connectivity index (χ1) is 6.38. The summed E-state index contributed by atoms with van der Waals surface area (Å²) in [7, 11) is -3.04. The standard InChI is InChI=1S/C8H9IO3S2/c1-14(11,12)3-2-7(10)6-4-8(9)13-5-6/h4-5H,2-3H2,1H3. The van der Waals surface area contributed by atoms with Gasteiger partial charge in [-0.3, -0.25) is 4.79 Å². The third kappa shape index (κ3) is 4.05. The number of hydrogen-bond donors (Lipinski definition) is 0. The van der Waals surface area contributed by atoms with Crippen molar-refractivity contribution in [3.63, 3.8) is 0 Å². The zero-order valence-electron chi connectivity index (χ0n) is 7.49.